The summed E-state index contributed by atoms with van der Waals surface area (Å²) < 4.78 is 25.4. The van der Waals surface area contributed by atoms with Crippen LogP contribution < -0.4 is 10.1 Å². The second kappa shape index (κ2) is 12.8. The van der Waals surface area contributed by atoms with E-state index in [1.54, 1.807) is 30.4 Å². The van der Waals surface area contributed by atoms with Crippen LogP contribution >= 0.6 is 46.1 Å². The highest BCUT2D eigenvalue weighted by atomic mass is 35.5. The Morgan fingerprint density at radius 1 is 1.12 bits per heavy atom. The van der Waals surface area contributed by atoms with Gasteiger partial charge in [-0.3, -0.25) is 4.79 Å². The summed E-state index contributed by atoms with van der Waals surface area (Å²) in [7, 11) is 0. The lowest BCUT2D eigenvalue weighted by Crippen LogP contribution is -2.44. The first-order chi connectivity index (χ1) is 20.3. The third-order valence-electron chi connectivity index (χ3n) is 8.01. The Morgan fingerprint density at radius 3 is 2.76 bits per heavy atom. The summed E-state index contributed by atoms with van der Waals surface area (Å²) in [6.45, 7) is 2.93. The Balaban J connectivity index is 1.15. The minimum absolute atomic E-state index is 0.0233. The van der Waals surface area contributed by atoms with E-state index in [4.69, 9.17) is 44.3 Å². The third-order valence-corrected chi connectivity index (χ3v) is 10.4. The van der Waals surface area contributed by atoms with Crippen molar-refractivity contribution in [2.45, 2.75) is 70.3 Å². The normalized spacial score (nSPS) is 19.8. The van der Waals surface area contributed by atoms with Crippen LogP contribution in [0, 0.1) is 12.7 Å². The lowest BCUT2D eigenvalue weighted by molar-refractivity contribution is -0.128. The third kappa shape index (κ3) is 6.35. The fourth-order valence-corrected chi connectivity index (χ4v) is 7.20. The number of rotatable bonds is 11. The molecule has 0 radical (unpaired) electrons. The largest absolute Gasteiger partial charge is 0.487 e. The molecule has 222 valence electrons. The Morgan fingerprint density at radius 2 is 1.95 bits per heavy atom. The fraction of sp³-hybridized carbons (Fsp3) is 0.419. The van der Waals surface area contributed by atoms with Gasteiger partial charge in [-0.1, -0.05) is 53.0 Å². The second-order valence-electron chi connectivity index (χ2n) is 11.0. The maximum absolute atomic E-state index is 14.3. The van der Waals surface area contributed by atoms with Crippen LogP contribution in [0.3, 0.4) is 0 Å². The first kappa shape index (κ1) is 29.9. The smallest absolute Gasteiger partial charge is 0.252 e. The number of hydrogen-bond donors (Lipinski definition) is 1. The van der Waals surface area contributed by atoms with Gasteiger partial charge in [-0.25, -0.2) is 9.37 Å². The van der Waals surface area contributed by atoms with E-state index < -0.39 is 5.82 Å². The number of fused-ring (bicyclic) bond motifs is 2. The number of halogens is 4. The van der Waals surface area contributed by atoms with E-state index in [2.05, 4.69) is 10.3 Å². The van der Waals surface area contributed by atoms with Gasteiger partial charge in [-0.05, 0) is 67.9 Å². The molecule has 1 amide bonds. The zero-order valence-electron chi connectivity index (χ0n) is 23.1. The van der Waals surface area contributed by atoms with Crippen molar-refractivity contribution in [3.8, 4) is 5.75 Å². The molecule has 6 nitrogen and oxygen atoms in total. The van der Waals surface area contributed by atoms with Crippen molar-refractivity contribution in [1.82, 2.24) is 15.2 Å². The average Bonchev–Trinajstić information content (AvgIpc) is 3.59. The van der Waals surface area contributed by atoms with Crippen molar-refractivity contribution in [3.05, 3.63) is 84.0 Å². The molecule has 1 saturated heterocycles. The number of nitrogens with one attached hydrogen (secondary N) is 1. The van der Waals surface area contributed by atoms with Gasteiger partial charge in [-0.15, -0.1) is 11.3 Å². The molecule has 1 N–H and O–H groups in total. The molecule has 42 heavy (non-hydrogen) atoms. The number of nitrogens with zero attached hydrogens (tertiary/aromatic N) is 2. The van der Waals surface area contributed by atoms with Gasteiger partial charge in [-0.2, -0.15) is 0 Å². The maximum atomic E-state index is 14.3. The summed E-state index contributed by atoms with van der Waals surface area (Å²) in [6.07, 6.45) is 6.59. The SMILES string of the molecule is Cc1ccc(F)c(OCCOCc2ncc(C3=C(C(=O)N(Cc4cccc(Cl)c4Cl)C4CC4)[C@H]4CC[C@@H](C3)N4)s2)c1Cl. The van der Waals surface area contributed by atoms with Crippen LogP contribution in [-0.4, -0.2) is 47.1 Å². The highest BCUT2D eigenvalue weighted by Gasteiger charge is 2.42. The van der Waals surface area contributed by atoms with Crippen molar-refractivity contribution in [1.29, 1.82) is 0 Å². The molecule has 1 aromatic heterocycles. The minimum atomic E-state index is -0.499. The summed E-state index contributed by atoms with van der Waals surface area (Å²) in [5, 5.41) is 5.72. The predicted octanol–water partition coefficient (Wildman–Crippen LogP) is 7.62. The van der Waals surface area contributed by atoms with E-state index in [-0.39, 0.29) is 42.0 Å². The number of hydrogen-bond acceptors (Lipinski definition) is 6. The summed E-state index contributed by atoms with van der Waals surface area (Å²) >= 11 is 20.5. The Bertz CT molecular complexity index is 1530. The summed E-state index contributed by atoms with van der Waals surface area (Å²) in [6, 6.07) is 9.10. The van der Waals surface area contributed by atoms with Crippen molar-refractivity contribution < 1.29 is 18.7 Å². The molecule has 1 saturated carbocycles. The number of carbonyl (C=O) groups excluding carboxylic acids is 1. The molecule has 3 aromatic rings. The number of ether oxygens (including phenoxy) is 2. The van der Waals surface area contributed by atoms with Gasteiger partial charge in [0.05, 0.1) is 33.2 Å². The van der Waals surface area contributed by atoms with Gasteiger partial charge < -0.3 is 19.7 Å². The Labute approximate surface area is 263 Å². The van der Waals surface area contributed by atoms with Crippen molar-refractivity contribution in [2.75, 3.05) is 13.2 Å². The van der Waals surface area contributed by atoms with Crippen molar-refractivity contribution in [3.63, 3.8) is 0 Å². The highest BCUT2D eigenvalue weighted by molar-refractivity contribution is 7.12. The van der Waals surface area contributed by atoms with Crippen LogP contribution in [-0.2, 0) is 22.7 Å². The molecule has 3 aliphatic rings. The lowest BCUT2D eigenvalue weighted by Gasteiger charge is -2.31. The van der Waals surface area contributed by atoms with Crippen LogP contribution in [0.5, 0.6) is 5.75 Å². The van der Waals surface area contributed by atoms with Crippen LogP contribution in [0.15, 0.2) is 42.1 Å². The first-order valence-electron chi connectivity index (χ1n) is 14.1. The molecular weight excluding hydrogens is 620 g/mol. The Hall–Kier alpha value is -2.20. The van der Waals surface area contributed by atoms with E-state index in [1.165, 1.54) is 6.07 Å². The summed E-state index contributed by atoms with van der Waals surface area (Å²) in [5.41, 5.74) is 3.52. The van der Waals surface area contributed by atoms with Crippen LogP contribution in [0.25, 0.3) is 5.57 Å². The predicted molar refractivity (Wildman–Crippen MR) is 165 cm³/mol. The van der Waals surface area contributed by atoms with Gasteiger partial charge in [0.1, 0.15) is 11.6 Å². The molecule has 2 aromatic carbocycles. The van der Waals surface area contributed by atoms with E-state index in [9.17, 15) is 9.18 Å². The van der Waals surface area contributed by atoms with E-state index in [0.717, 1.165) is 64.3 Å². The summed E-state index contributed by atoms with van der Waals surface area (Å²) in [4.78, 5) is 21.8. The number of benzene rings is 2. The maximum Gasteiger partial charge on any atom is 0.252 e. The number of carbonyl (C=O) groups is 1. The minimum Gasteiger partial charge on any atom is -0.487 e. The van der Waals surface area contributed by atoms with Crippen LogP contribution in [0.1, 0.15) is 53.1 Å². The van der Waals surface area contributed by atoms with Gasteiger partial charge >= 0.3 is 0 Å². The molecule has 2 atom stereocenters. The van der Waals surface area contributed by atoms with Gasteiger partial charge in [0.2, 0.25) is 0 Å². The first-order valence-corrected chi connectivity index (χ1v) is 16.1. The van der Waals surface area contributed by atoms with Gasteiger partial charge in [0.25, 0.3) is 5.91 Å². The topological polar surface area (TPSA) is 63.7 Å². The van der Waals surface area contributed by atoms with E-state index in [1.807, 2.05) is 23.2 Å². The quantitative estimate of drug-likeness (QED) is 0.217. The fourth-order valence-electron chi connectivity index (χ4n) is 5.69. The van der Waals surface area contributed by atoms with Gasteiger partial charge in [0.15, 0.2) is 11.6 Å². The lowest BCUT2D eigenvalue weighted by atomic mass is 9.93. The van der Waals surface area contributed by atoms with Crippen molar-refractivity contribution >= 4 is 57.6 Å². The number of thiazole rings is 1. The molecule has 0 unspecified atom stereocenters. The molecule has 6 rings (SSSR count). The molecule has 3 heterocycles. The zero-order valence-corrected chi connectivity index (χ0v) is 26.2. The van der Waals surface area contributed by atoms with Gasteiger partial charge in [0, 0.05) is 36.4 Å². The average molecular weight is 651 g/mol. The second-order valence-corrected chi connectivity index (χ2v) is 13.3. The Kier molecular flexibility index (Phi) is 9.10. The highest BCUT2D eigenvalue weighted by Crippen LogP contribution is 2.42. The number of aryl methyl sites for hydroxylation is 1. The molecule has 2 aliphatic heterocycles. The summed E-state index contributed by atoms with van der Waals surface area (Å²) in [5.74, 6) is -0.397. The van der Waals surface area contributed by atoms with Crippen LogP contribution in [0.4, 0.5) is 4.39 Å². The number of aromatic nitrogens is 1. The standard InChI is InChI=1S/C31H31Cl3FN3O3S/c1-17-5-9-23(35)30(28(17)33)41-12-11-40-16-26-36-14-25(42-26)21-13-19-6-10-24(37-19)27(21)31(39)38(20-7-8-20)15-18-3-2-4-22(32)29(18)34/h2-5,9,14,19-20,24,37H,6-8,10-13,15-16H2,1H3/t19-,24+/m0/s1. The molecule has 2 fully saturated rings. The number of amides is 1. The monoisotopic (exact) mass is 649 g/mol. The van der Waals surface area contributed by atoms with Crippen molar-refractivity contribution in [2.24, 2.45) is 0 Å². The van der Waals surface area contributed by atoms with Crippen LogP contribution in [0.2, 0.25) is 15.1 Å². The van der Waals surface area contributed by atoms with E-state index in [0.29, 0.717) is 29.2 Å². The van der Waals surface area contributed by atoms with E-state index >= 15 is 0 Å². The zero-order chi connectivity index (χ0) is 29.4. The molecule has 0 spiro atoms. The molecular formula is C31H31Cl3FN3O3S. The molecule has 1 aliphatic carbocycles. The molecule has 2 bridgehead atoms. The molecule has 11 heteroatoms.